The van der Waals surface area contributed by atoms with Crippen LogP contribution in [0.3, 0.4) is 0 Å². The van der Waals surface area contributed by atoms with Crippen molar-refractivity contribution in [2.24, 2.45) is 0 Å². The lowest BCUT2D eigenvalue weighted by Gasteiger charge is -2.21. The summed E-state index contributed by atoms with van der Waals surface area (Å²) >= 11 is 0. The van der Waals surface area contributed by atoms with Gasteiger partial charge in [0.15, 0.2) is 29.1 Å². The van der Waals surface area contributed by atoms with Gasteiger partial charge in [0.05, 0.1) is 50.1 Å². The highest BCUT2D eigenvalue weighted by Gasteiger charge is 2.50. The van der Waals surface area contributed by atoms with Crippen LogP contribution in [-0.2, 0) is 18.5 Å². The standard InChI is InChI=1S/C34H5F15N6/c1-10-12(4-50)28(37)30(39)24(26(10)35)16(8-54)22-21(23(22)17(9-55)25-27(36)13(5-51)14(6-52)29(38)31(25)40)15(7-53)20-18(33(44,45)46)2-11(32(41,42)43)3-19(20)34(47,48)49/h2-3H,1H3. The number of nitrogens with zero attached hydrogens (tertiary/aromatic N) is 6. The summed E-state index contributed by atoms with van der Waals surface area (Å²) in [4.78, 5) is 0. The van der Waals surface area contributed by atoms with Gasteiger partial charge < -0.3 is 0 Å². The molecule has 1 fully saturated rings. The van der Waals surface area contributed by atoms with Crippen molar-refractivity contribution in [2.45, 2.75) is 25.5 Å². The van der Waals surface area contributed by atoms with Gasteiger partial charge in [0.2, 0.25) is 0 Å². The first-order valence-corrected chi connectivity index (χ1v) is 13.8. The van der Waals surface area contributed by atoms with Crippen LogP contribution < -0.4 is 0 Å². The number of rotatable bonds is 3. The van der Waals surface area contributed by atoms with Gasteiger partial charge >= 0.3 is 18.5 Å². The Morgan fingerprint density at radius 1 is 0.436 bits per heavy atom. The van der Waals surface area contributed by atoms with Crippen LogP contribution in [-0.4, -0.2) is 0 Å². The fourth-order valence-corrected chi connectivity index (χ4v) is 5.39. The van der Waals surface area contributed by atoms with E-state index in [1.807, 2.05) is 0 Å². The highest BCUT2D eigenvalue weighted by Crippen LogP contribution is 2.59. The van der Waals surface area contributed by atoms with Crippen molar-refractivity contribution in [3.8, 4) is 36.4 Å². The maximum Gasteiger partial charge on any atom is 0.417 e. The van der Waals surface area contributed by atoms with E-state index in [0.29, 0.717) is 6.92 Å². The molecule has 0 aromatic heterocycles. The van der Waals surface area contributed by atoms with Gasteiger partial charge in [0.1, 0.15) is 53.4 Å². The molecule has 0 amide bonds. The van der Waals surface area contributed by atoms with Gasteiger partial charge in [-0.1, -0.05) is 0 Å². The summed E-state index contributed by atoms with van der Waals surface area (Å²) in [5, 5.41) is 57.6. The highest BCUT2D eigenvalue weighted by molar-refractivity contribution is 6.12. The Bertz CT molecular complexity index is 2570. The second-order valence-electron chi connectivity index (χ2n) is 10.7. The van der Waals surface area contributed by atoms with E-state index in [2.05, 4.69) is 0 Å². The average Bonchev–Trinajstić information content (AvgIpc) is 3.81. The van der Waals surface area contributed by atoms with Crippen molar-refractivity contribution < 1.29 is 65.9 Å². The maximum absolute atomic E-state index is 15.6. The van der Waals surface area contributed by atoms with E-state index >= 15 is 17.6 Å². The summed E-state index contributed by atoms with van der Waals surface area (Å²) in [6.45, 7) is 0.614. The van der Waals surface area contributed by atoms with Crippen LogP contribution >= 0.6 is 0 Å². The lowest BCUT2D eigenvalue weighted by Crippen LogP contribution is -2.19. The molecule has 1 aliphatic rings. The molecule has 3 aromatic rings. The second kappa shape index (κ2) is 13.6. The quantitative estimate of drug-likeness (QED) is 0.147. The van der Waals surface area contributed by atoms with Gasteiger partial charge in [-0.2, -0.15) is 71.1 Å². The number of allylic oxidation sites excluding steroid dienone is 6. The molecule has 0 heterocycles. The number of nitriles is 6. The predicted molar refractivity (Wildman–Crippen MR) is 151 cm³/mol. The molecular formula is C34H5F15N6. The van der Waals surface area contributed by atoms with E-state index in [0.717, 1.165) is 36.4 Å². The van der Waals surface area contributed by atoms with Crippen molar-refractivity contribution in [1.82, 2.24) is 0 Å². The molecule has 0 atom stereocenters. The SMILES string of the molecule is Cc1c(F)c(C(C#N)=C2C(=C(C#N)c3c(C(F)(F)F)cc(C(F)(F)F)cc3C(F)(F)F)C2=C(C#N)c2c(F)c(F)c(C#N)c(C#N)c2F)c(F)c(F)c1C#N. The van der Waals surface area contributed by atoms with E-state index in [9.17, 15) is 69.3 Å². The molecule has 0 N–H and O–H groups in total. The van der Waals surface area contributed by atoms with E-state index in [1.165, 1.54) is 0 Å². The van der Waals surface area contributed by atoms with Crippen LogP contribution in [0.1, 0.15) is 55.6 Å². The summed E-state index contributed by atoms with van der Waals surface area (Å²) in [6.07, 6.45) is -18.4. The minimum absolute atomic E-state index is 0.614. The smallest absolute Gasteiger partial charge is 0.206 e. The molecule has 1 saturated carbocycles. The zero-order valence-electron chi connectivity index (χ0n) is 26.0. The summed E-state index contributed by atoms with van der Waals surface area (Å²) in [5.74, 6) is -14.0. The minimum atomic E-state index is -6.24. The third kappa shape index (κ3) is 6.43. The molecule has 4 rings (SSSR count). The van der Waals surface area contributed by atoms with E-state index in [4.69, 9.17) is 10.5 Å². The normalized spacial score (nSPS) is 15.5. The number of hydrogen-bond donors (Lipinski definition) is 0. The van der Waals surface area contributed by atoms with Gasteiger partial charge in [-0.25, -0.2) is 26.3 Å². The maximum atomic E-state index is 15.6. The molecule has 276 valence electrons. The lowest BCUT2D eigenvalue weighted by atomic mass is 9.90. The van der Waals surface area contributed by atoms with Gasteiger partial charge in [0, 0.05) is 27.8 Å². The number of alkyl halides is 9. The van der Waals surface area contributed by atoms with Crippen molar-refractivity contribution in [3.05, 3.63) is 119 Å². The summed E-state index contributed by atoms with van der Waals surface area (Å²) in [5.41, 5.74) is -31.0. The Morgan fingerprint density at radius 2 is 0.764 bits per heavy atom. The molecule has 1 aliphatic carbocycles. The van der Waals surface area contributed by atoms with Gasteiger partial charge in [-0.05, 0) is 19.1 Å². The van der Waals surface area contributed by atoms with Crippen molar-refractivity contribution in [1.29, 1.82) is 31.6 Å². The van der Waals surface area contributed by atoms with Gasteiger partial charge in [-0.3, -0.25) is 0 Å². The zero-order valence-corrected chi connectivity index (χ0v) is 26.0. The summed E-state index contributed by atoms with van der Waals surface area (Å²) in [7, 11) is 0. The summed E-state index contributed by atoms with van der Waals surface area (Å²) in [6, 6.07) is 3.85. The third-order valence-corrected chi connectivity index (χ3v) is 7.81. The molecule has 21 heteroatoms. The minimum Gasteiger partial charge on any atom is -0.206 e. The molecule has 0 spiro atoms. The Kier molecular flexibility index (Phi) is 10.0. The first kappa shape index (κ1) is 40.5. The molecule has 0 saturated heterocycles. The van der Waals surface area contributed by atoms with Crippen LogP contribution in [0.15, 0.2) is 28.9 Å². The Labute approximate surface area is 295 Å². The molecular weight excluding hydrogens is 777 g/mol. The Hall–Kier alpha value is -7.23. The van der Waals surface area contributed by atoms with Crippen molar-refractivity contribution in [3.63, 3.8) is 0 Å². The Morgan fingerprint density at radius 3 is 1.09 bits per heavy atom. The topological polar surface area (TPSA) is 143 Å². The molecule has 3 aromatic carbocycles. The second-order valence-corrected chi connectivity index (χ2v) is 10.7. The van der Waals surface area contributed by atoms with E-state index in [-0.39, 0.29) is 0 Å². The number of halogens is 15. The first-order valence-electron chi connectivity index (χ1n) is 13.8. The lowest BCUT2D eigenvalue weighted by molar-refractivity contribution is -0.148. The van der Waals surface area contributed by atoms with Crippen LogP contribution in [0, 0.1) is 110 Å². The number of hydrogen-bond acceptors (Lipinski definition) is 6. The highest BCUT2D eigenvalue weighted by atomic mass is 19.4. The van der Waals surface area contributed by atoms with Crippen LogP contribution in [0.4, 0.5) is 65.9 Å². The molecule has 55 heavy (non-hydrogen) atoms. The largest absolute Gasteiger partial charge is 0.417 e. The number of benzene rings is 3. The molecule has 0 aliphatic heterocycles. The van der Waals surface area contributed by atoms with E-state index in [1.54, 1.807) is 0 Å². The molecule has 0 radical (unpaired) electrons. The molecule has 0 bridgehead atoms. The van der Waals surface area contributed by atoms with E-state index < -0.39 is 155 Å². The molecule has 6 nitrogen and oxygen atoms in total. The Balaban J connectivity index is 2.48. The van der Waals surface area contributed by atoms with Gasteiger partial charge in [-0.15, -0.1) is 0 Å². The predicted octanol–water partition coefficient (Wildman–Crippen LogP) is 9.75. The fraction of sp³-hybridized carbons (Fsp3) is 0.118. The van der Waals surface area contributed by atoms with Gasteiger partial charge in [0.25, 0.3) is 0 Å². The first-order chi connectivity index (χ1) is 25.4. The zero-order chi connectivity index (χ0) is 41.9. The molecule has 0 unspecified atom stereocenters. The van der Waals surface area contributed by atoms with Crippen molar-refractivity contribution in [2.75, 3.05) is 0 Å². The van der Waals surface area contributed by atoms with Crippen LogP contribution in [0.25, 0.3) is 16.7 Å². The monoisotopic (exact) mass is 782 g/mol. The fourth-order valence-electron chi connectivity index (χ4n) is 5.39. The average molecular weight is 782 g/mol. The van der Waals surface area contributed by atoms with Crippen molar-refractivity contribution >= 4 is 16.7 Å². The summed E-state index contributed by atoms with van der Waals surface area (Å²) < 4.78 is 219. The van der Waals surface area contributed by atoms with Crippen LogP contribution in [0.5, 0.6) is 0 Å². The van der Waals surface area contributed by atoms with Crippen LogP contribution in [0.2, 0.25) is 0 Å². The third-order valence-electron chi connectivity index (χ3n) is 7.81.